The Kier molecular flexibility index (Phi) is 43.3. The van der Waals surface area contributed by atoms with E-state index in [1.165, 1.54) is 141 Å². The van der Waals surface area contributed by atoms with Crippen LogP contribution in [0.15, 0.2) is 48.6 Å². The van der Waals surface area contributed by atoms with Gasteiger partial charge in [0, 0.05) is 12.8 Å². The van der Waals surface area contributed by atoms with Gasteiger partial charge < -0.3 is 64.2 Å². The lowest BCUT2D eigenvalue weighted by Gasteiger charge is -2.42. The van der Waals surface area contributed by atoms with Crippen molar-refractivity contribution in [2.24, 2.45) is 0 Å². The van der Waals surface area contributed by atoms with E-state index < -0.39 is 99.3 Å². The van der Waals surface area contributed by atoms with Gasteiger partial charge in [-0.1, -0.05) is 217 Å². The maximum absolute atomic E-state index is 13.1. The van der Waals surface area contributed by atoms with Crippen molar-refractivity contribution in [3.05, 3.63) is 48.6 Å². The Bertz CT molecular complexity index is 1500. The molecular weight excluding hydrogens is 973 g/mol. The van der Waals surface area contributed by atoms with E-state index in [4.69, 9.17) is 28.4 Å². The summed E-state index contributed by atoms with van der Waals surface area (Å²) in [5, 5.41) is 72.3. The number of carbonyl (C=O) groups excluding carboxylic acids is 2. The lowest BCUT2D eigenvalue weighted by molar-refractivity contribution is -0.332. The van der Waals surface area contributed by atoms with Crippen LogP contribution in [-0.2, 0) is 38.0 Å². The number of rotatable bonds is 48. The average molecular weight is 1080 g/mol. The van der Waals surface area contributed by atoms with Crippen LogP contribution in [0.2, 0.25) is 0 Å². The van der Waals surface area contributed by atoms with Crippen LogP contribution in [0.4, 0.5) is 0 Å². The predicted octanol–water partition coefficient (Wildman–Crippen LogP) is 10.6. The predicted molar refractivity (Wildman–Crippen MR) is 298 cm³/mol. The van der Waals surface area contributed by atoms with E-state index in [0.29, 0.717) is 19.3 Å². The molecule has 0 spiro atoms. The number of hydrogen-bond donors (Lipinski definition) is 7. The quantitative estimate of drug-likeness (QED) is 0.0171. The molecule has 2 rings (SSSR count). The SMILES string of the molecule is CCCCCCCCC/C=C/C/C=C/C/C=C/C/C=C/CCCC(=O)OC[C@@H](CO[C@@H]1O[C@H](CO[C@@H]2O[C@H](CO)[C@H](O)C(O)C2O)[C@H](O)C(O)C1O)OC(=O)CCCCCCCCCCCCCCCCCCCCC. The molecule has 2 fully saturated rings. The molecule has 7 N–H and O–H groups in total. The smallest absolute Gasteiger partial charge is 0.306 e. The van der Waals surface area contributed by atoms with Gasteiger partial charge in [-0.15, -0.1) is 0 Å². The average Bonchev–Trinajstić information content (AvgIpc) is 3.42. The van der Waals surface area contributed by atoms with Crippen molar-refractivity contribution in [1.29, 1.82) is 0 Å². The minimum Gasteiger partial charge on any atom is -0.462 e. The number of carbonyl (C=O) groups is 2. The molecule has 2 aliphatic rings. The van der Waals surface area contributed by atoms with Crippen molar-refractivity contribution in [3.8, 4) is 0 Å². The minimum atomic E-state index is -1.77. The molecule has 2 saturated heterocycles. The van der Waals surface area contributed by atoms with Crippen LogP contribution in [0.25, 0.3) is 0 Å². The van der Waals surface area contributed by atoms with Crippen molar-refractivity contribution in [2.45, 2.75) is 300 Å². The molecule has 0 radical (unpaired) electrons. The summed E-state index contributed by atoms with van der Waals surface area (Å²) in [6, 6.07) is 0. The van der Waals surface area contributed by atoms with Crippen molar-refractivity contribution in [2.75, 3.05) is 26.4 Å². The number of allylic oxidation sites excluding steroid dienone is 8. The maximum Gasteiger partial charge on any atom is 0.306 e. The van der Waals surface area contributed by atoms with Crippen LogP contribution in [-0.4, -0.2) is 142 Å². The van der Waals surface area contributed by atoms with E-state index >= 15 is 0 Å². The summed E-state index contributed by atoms with van der Waals surface area (Å²) in [6.45, 7) is 2.57. The molecule has 0 aliphatic carbocycles. The molecule has 2 aliphatic heterocycles. The van der Waals surface area contributed by atoms with E-state index in [0.717, 1.165) is 44.9 Å². The normalized spacial score (nSPS) is 24.6. The van der Waals surface area contributed by atoms with Gasteiger partial charge >= 0.3 is 11.9 Å². The van der Waals surface area contributed by atoms with Crippen LogP contribution >= 0.6 is 0 Å². The Hall–Kier alpha value is -2.54. The first-order chi connectivity index (χ1) is 37.0. The van der Waals surface area contributed by atoms with E-state index in [9.17, 15) is 45.3 Å². The largest absolute Gasteiger partial charge is 0.462 e. The minimum absolute atomic E-state index is 0.143. The lowest BCUT2D eigenvalue weighted by atomic mass is 9.98. The first kappa shape index (κ1) is 69.6. The number of esters is 2. The molecule has 442 valence electrons. The molecule has 76 heavy (non-hydrogen) atoms. The Morgan fingerprint density at radius 3 is 1.28 bits per heavy atom. The summed E-state index contributed by atoms with van der Waals surface area (Å²) in [5.41, 5.74) is 0. The van der Waals surface area contributed by atoms with Gasteiger partial charge in [0.2, 0.25) is 0 Å². The fraction of sp³-hybridized carbons (Fsp3) is 0.836. The molecule has 11 atom stereocenters. The molecule has 15 heteroatoms. The summed E-state index contributed by atoms with van der Waals surface area (Å²) in [6.07, 6.45) is 38.5. The molecule has 0 bridgehead atoms. The molecular formula is C61H108O15. The third-order valence-corrected chi connectivity index (χ3v) is 14.3. The summed E-state index contributed by atoms with van der Waals surface area (Å²) in [4.78, 5) is 25.9. The van der Waals surface area contributed by atoms with Crippen LogP contribution in [0, 0.1) is 0 Å². The van der Waals surface area contributed by atoms with Gasteiger partial charge in [-0.3, -0.25) is 9.59 Å². The Labute approximate surface area is 458 Å². The fourth-order valence-electron chi connectivity index (χ4n) is 9.39. The van der Waals surface area contributed by atoms with Gasteiger partial charge in [-0.25, -0.2) is 0 Å². The molecule has 2 heterocycles. The molecule has 0 aromatic rings. The van der Waals surface area contributed by atoms with Crippen molar-refractivity contribution in [1.82, 2.24) is 0 Å². The third kappa shape index (κ3) is 33.8. The summed E-state index contributed by atoms with van der Waals surface area (Å²) >= 11 is 0. The number of unbranched alkanes of at least 4 members (excludes halogenated alkanes) is 26. The summed E-state index contributed by atoms with van der Waals surface area (Å²) < 4.78 is 33.7. The highest BCUT2D eigenvalue weighted by Gasteiger charge is 2.47. The topological polar surface area (TPSA) is 231 Å². The molecule has 15 nitrogen and oxygen atoms in total. The molecule has 4 unspecified atom stereocenters. The first-order valence-corrected chi connectivity index (χ1v) is 30.2. The van der Waals surface area contributed by atoms with E-state index in [1.807, 2.05) is 6.08 Å². The highest BCUT2D eigenvalue weighted by atomic mass is 16.7. The highest BCUT2D eigenvalue weighted by molar-refractivity contribution is 5.70. The second kappa shape index (κ2) is 47.3. The van der Waals surface area contributed by atoms with Crippen molar-refractivity contribution < 1.29 is 73.8 Å². The monoisotopic (exact) mass is 1080 g/mol. The number of aliphatic hydroxyl groups excluding tert-OH is 7. The van der Waals surface area contributed by atoms with Crippen molar-refractivity contribution >= 4 is 11.9 Å². The maximum atomic E-state index is 13.1. The van der Waals surface area contributed by atoms with Crippen molar-refractivity contribution in [3.63, 3.8) is 0 Å². The number of hydrogen-bond acceptors (Lipinski definition) is 15. The molecule has 0 aromatic heterocycles. The van der Waals surface area contributed by atoms with Crippen LogP contribution < -0.4 is 0 Å². The Balaban J connectivity index is 1.77. The van der Waals surface area contributed by atoms with Gasteiger partial charge in [0.05, 0.1) is 19.8 Å². The van der Waals surface area contributed by atoms with Gasteiger partial charge in [0.25, 0.3) is 0 Å². The van der Waals surface area contributed by atoms with Gasteiger partial charge in [-0.05, 0) is 51.4 Å². The van der Waals surface area contributed by atoms with Gasteiger partial charge in [0.15, 0.2) is 18.7 Å². The number of aliphatic hydroxyl groups is 7. The molecule has 0 saturated carbocycles. The zero-order valence-corrected chi connectivity index (χ0v) is 47.2. The zero-order valence-electron chi connectivity index (χ0n) is 47.2. The highest BCUT2D eigenvalue weighted by Crippen LogP contribution is 2.27. The van der Waals surface area contributed by atoms with Gasteiger partial charge in [-0.2, -0.15) is 0 Å². The lowest BCUT2D eigenvalue weighted by Crippen LogP contribution is -2.61. The molecule has 0 aromatic carbocycles. The standard InChI is InChI=1S/C61H108O15/c1-3-5-7-9-11-13-15-17-19-21-23-24-26-27-29-31-33-35-37-39-41-43-52(63)71-46-49(74-53(64)44-42-40-38-36-34-32-30-28-25-22-20-18-16-14-12-10-8-6-4-2)47-72-60-59(70)57(68)55(66)51(76-60)48-73-61-58(69)56(67)54(65)50(45-62)75-61/h19,21,24,26,29,31,35,37,49-51,54-62,65-70H,3-18,20,22-23,25,27-28,30,32-34,36,38-48H2,1-2H3/b21-19+,26-24+,31-29+,37-35+/t49-,50+,51+,54-,55-,56?,57?,58?,59?,60+,61+/m0/s1. The fourth-order valence-corrected chi connectivity index (χ4v) is 9.39. The zero-order chi connectivity index (χ0) is 55.3. The molecule has 0 amide bonds. The van der Waals surface area contributed by atoms with E-state index in [1.54, 1.807) is 0 Å². The number of ether oxygens (including phenoxy) is 6. The van der Waals surface area contributed by atoms with E-state index in [-0.39, 0.29) is 19.4 Å². The van der Waals surface area contributed by atoms with E-state index in [2.05, 4.69) is 56.4 Å². The Morgan fingerprint density at radius 2 is 0.803 bits per heavy atom. The summed E-state index contributed by atoms with van der Waals surface area (Å²) in [5.74, 6) is -0.981. The van der Waals surface area contributed by atoms with Crippen LogP contribution in [0.5, 0.6) is 0 Å². The first-order valence-electron chi connectivity index (χ1n) is 30.2. The Morgan fingerprint density at radius 1 is 0.421 bits per heavy atom. The second-order valence-electron chi connectivity index (χ2n) is 21.2. The van der Waals surface area contributed by atoms with Crippen LogP contribution in [0.3, 0.4) is 0 Å². The van der Waals surface area contributed by atoms with Crippen LogP contribution in [0.1, 0.15) is 232 Å². The van der Waals surface area contributed by atoms with Gasteiger partial charge in [0.1, 0.15) is 55.4 Å². The third-order valence-electron chi connectivity index (χ3n) is 14.3. The summed E-state index contributed by atoms with van der Waals surface area (Å²) in [7, 11) is 0. The second-order valence-corrected chi connectivity index (χ2v) is 21.2.